The Morgan fingerprint density at radius 2 is 2.17 bits per heavy atom. The topological polar surface area (TPSA) is 120 Å². The zero-order valence-electron chi connectivity index (χ0n) is 11.7. The number of rotatable bonds is 2. The number of halogens is 3. The highest BCUT2D eigenvalue weighted by molar-refractivity contribution is 5.83. The van der Waals surface area contributed by atoms with Gasteiger partial charge in [-0.05, 0) is 24.1 Å². The number of aromatic nitrogens is 1. The first-order valence-corrected chi connectivity index (χ1v) is 6.34. The van der Waals surface area contributed by atoms with Crippen molar-refractivity contribution in [2.24, 2.45) is 5.73 Å². The fourth-order valence-corrected chi connectivity index (χ4v) is 1.77. The van der Waals surface area contributed by atoms with Crippen LogP contribution < -0.4 is 5.73 Å². The molecule has 3 N–H and O–H groups in total. The van der Waals surface area contributed by atoms with E-state index in [4.69, 9.17) is 20.9 Å². The second-order valence-corrected chi connectivity index (χ2v) is 4.62. The molecule has 0 saturated carbocycles. The molecule has 0 aliphatic carbocycles. The Hall–Kier alpha value is -2.67. The SMILES string of the molecule is N#Cc1cc(CN2CCC(N)C2=O)ccn1.O=C(O)C(F)(F)F. The number of aliphatic carboxylic acids is 1. The summed E-state index contributed by atoms with van der Waals surface area (Å²) in [6, 6.07) is 5.10. The van der Waals surface area contributed by atoms with Crippen LogP contribution in [0.25, 0.3) is 0 Å². The molecule has 23 heavy (non-hydrogen) atoms. The van der Waals surface area contributed by atoms with Gasteiger partial charge in [0.1, 0.15) is 11.8 Å². The quantitative estimate of drug-likeness (QED) is 0.821. The van der Waals surface area contributed by atoms with Gasteiger partial charge in [-0.25, -0.2) is 9.78 Å². The van der Waals surface area contributed by atoms with Crippen LogP contribution in [0.2, 0.25) is 0 Å². The van der Waals surface area contributed by atoms with Gasteiger partial charge in [0.2, 0.25) is 5.91 Å². The molecule has 1 aromatic rings. The smallest absolute Gasteiger partial charge is 0.475 e. The molecule has 2 heterocycles. The van der Waals surface area contributed by atoms with Crippen molar-refractivity contribution in [2.75, 3.05) is 6.54 Å². The Kier molecular flexibility index (Phi) is 6.03. The number of hydrogen-bond acceptors (Lipinski definition) is 5. The molecule has 1 fully saturated rings. The molecule has 1 saturated heterocycles. The molecule has 0 bridgehead atoms. The monoisotopic (exact) mass is 330 g/mol. The van der Waals surface area contributed by atoms with Gasteiger partial charge in [0.25, 0.3) is 0 Å². The van der Waals surface area contributed by atoms with Crippen LogP contribution in [0.15, 0.2) is 18.3 Å². The molecule has 0 radical (unpaired) electrons. The Morgan fingerprint density at radius 1 is 1.57 bits per heavy atom. The highest BCUT2D eigenvalue weighted by atomic mass is 19.4. The molecular weight excluding hydrogens is 317 g/mol. The second kappa shape index (κ2) is 7.55. The first-order valence-electron chi connectivity index (χ1n) is 6.34. The van der Waals surface area contributed by atoms with Crippen LogP contribution in [0.5, 0.6) is 0 Å². The maximum atomic E-state index is 11.6. The van der Waals surface area contributed by atoms with Gasteiger partial charge in [-0.2, -0.15) is 18.4 Å². The van der Waals surface area contributed by atoms with E-state index < -0.39 is 12.1 Å². The number of carboxylic acid groups (broad SMARTS) is 1. The van der Waals surface area contributed by atoms with E-state index in [0.29, 0.717) is 25.2 Å². The first-order chi connectivity index (χ1) is 10.6. The zero-order valence-corrected chi connectivity index (χ0v) is 11.7. The van der Waals surface area contributed by atoms with E-state index >= 15 is 0 Å². The number of amides is 1. The van der Waals surface area contributed by atoms with Crippen molar-refractivity contribution >= 4 is 11.9 Å². The van der Waals surface area contributed by atoms with Gasteiger partial charge in [-0.15, -0.1) is 0 Å². The molecule has 10 heteroatoms. The third-order valence-corrected chi connectivity index (χ3v) is 2.89. The predicted molar refractivity (Wildman–Crippen MR) is 70.7 cm³/mol. The third-order valence-electron chi connectivity index (χ3n) is 2.89. The maximum absolute atomic E-state index is 11.6. The molecule has 2 rings (SSSR count). The van der Waals surface area contributed by atoms with E-state index in [-0.39, 0.29) is 11.9 Å². The van der Waals surface area contributed by atoms with Crippen molar-refractivity contribution in [3.05, 3.63) is 29.6 Å². The molecule has 124 valence electrons. The van der Waals surface area contributed by atoms with Crippen molar-refractivity contribution in [1.29, 1.82) is 5.26 Å². The predicted octanol–water partition coefficient (Wildman–Crippen LogP) is 0.646. The lowest BCUT2D eigenvalue weighted by atomic mass is 10.2. The normalized spacial score (nSPS) is 17.3. The van der Waals surface area contributed by atoms with Gasteiger partial charge in [-0.1, -0.05) is 0 Å². The molecule has 0 spiro atoms. The fraction of sp³-hybridized carbons (Fsp3) is 0.385. The van der Waals surface area contributed by atoms with Gasteiger partial charge in [0.15, 0.2) is 0 Å². The number of alkyl halides is 3. The molecular formula is C13H13F3N4O3. The lowest BCUT2D eigenvalue weighted by Gasteiger charge is -2.15. The number of carboxylic acids is 1. The maximum Gasteiger partial charge on any atom is 0.490 e. The van der Waals surface area contributed by atoms with E-state index in [2.05, 4.69) is 4.98 Å². The fourth-order valence-electron chi connectivity index (χ4n) is 1.77. The lowest BCUT2D eigenvalue weighted by molar-refractivity contribution is -0.192. The molecule has 1 atom stereocenters. The third kappa shape index (κ3) is 5.55. The van der Waals surface area contributed by atoms with Crippen LogP contribution in [0, 0.1) is 11.3 Å². The summed E-state index contributed by atoms with van der Waals surface area (Å²) in [5, 5.41) is 15.8. The first kappa shape index (κ1) is 18.4. The second-order valence-electron chi connectivity index (χ2n) is 4.62. The van der Waals surface area contributed by atoms with E-state index in [1.54, 1.807) is 23.2 Å². The van der Waals surface area contributed by atoms with Crippen LogP contribution >= 0.6 is 0 Å². The minimum atomic E-state index is -5.08. The van der Waals surface area contributed by atoms with E-state index in [0.717, 1.165) is 5.56 Å². The summed E-state index contributed by atoms with van der Waals surface area (Å²) in [6.07, 6.45) is -2.80. The minimum Gasteiger partial charge on any atom is -0.475 e. The summed E-state index contributed by atoms with van der Waals surface area (Å²) in [7, 11) is 0. The molecule has 0 aromatic carbocycles. The van der Waals surface area contributed by atoms with Crippen LogP contribution in [0.3, 0.4) is 0 Å². The Bertz CT molecular complexity index is 628. The number of carbonyl (C=O) groups excluding carboxylic acids is 1. The van der Waals surface area contributed by atoms with Crippen molar-refractivity contribution < 1.29 is 27.9 Å². The molecule has 1 aliphatic rings. The lowest BCUT2D eigenvalue weighted by Crippen LogP contribution is -2.33. The zero-order chi connectivity index (χ0) is 17.6. The summed E-state index contributed by atoms with van der Waals surface area (Å²) in [5.74, 6) is -2.78. The molecule has 1 aromatic heterocycles. The Morgan fingerprint density at radius 3 is 2.61 bits per heavy atom. The largest absolute Gasteiger partial charge is 0.490 e. The van der Waals surface area contributed by atoms with Crippen LogP contribution in [-0.4, -0.2) is 45.6 Å². The Labute approximate surface area is 129 Å². The average molecular weight is 330 g/mol. The van der Waals surface area contributed by atoms with Crippen LogP contribution in [0.1, 0.15) is 17.7 Å². The molecule has 1 unspecified atom stereocenters. The van der Waals surface area contributed by atoms with Gasteiger partial charge >= 0.3 is 12.1 Å². The van der Waals surface area contributed by atoms with Gasteiger partial charge in [0, 0.05) is 19.3 Å². The highest BCUT2D eigenvalue weighted by Crippen LogP contribution is 2.14. The summed E-state index contributed by atoms with van der Waals surface area (Å²) in [5.41, 5.74) is 6.90. The van der Waals surface area contributed by atoms with Gasteiger partial charge < -0.3 is 15.7 Å². The molecule has 1 aliphatic heterocycles. The van der Waals surface area contributed by atoms with Crippen molar-refractivity contribution in [3.63, 3.8) is 0 Å². The summed E-state index contributed by atoms with van der Waals surface area (Å²) >= 11 is 0. The number of likely N-dealkylation sites (tertiary alicyclic amines) is 1. The molecule has 1 amide bonds. The number of nitriles is 1. The average Bonchev–Trinajstić information content (AvgIpc) is 2.79. The van der Waals surface area contributed by atoms with E-state index in [1.807, 2.05) is 6.07 Å². The molecule has 7 nitrogen and oxygen atoms in total. The number of carbonyl (C=O) groups is 2. The van der Waals surface area contributed by atoms with Crippen molar-refractivity contribution in [1.82, 2.24) is 9.88 Å². The van der Waals surface area contributed by atoms with Gasteiger partial charge in [-0.3, -0.25) is 4.79 Å². The number of nitrogens with two attached hydrogens (primary N) is 1. The summed E-state index contributed by atoms with van der Waals surface area (Å²) < 4.78 is 31.7. The van der Waals surface area contributed by atoms with Gasteiger partial charge in [0.05, 0.1) is 6.04 Å². The highest BCUT2D eigenvalue weighted by Gasteiger charge is 2.38. The minimum absolute atomic E-state index is 0.0182. The standard InChI is InChI=1S/C11H12N4O.C2HF3O2/c12-6-9-5-8(1-3-14-9)7-15-4-2-10(13)11(15)16;3-2(4,5)1(6)7/h1,3,5,10H,2,4,7,13H2;(H,6,7). The van der Waals surface area contributed by atoms with Crippen molar-refractivity contribution in [2.45, 2.75) is 25.2 Å². The summed E-state index contributed by atoms with van der Waals surface area (Å²) in [6.45, 7) is 1.19. The van der Waals surface area contributed by atoms with Crippen molar-refractivity contribution in [3.8, 4) is 6.07 Å². The Balaban J connectivity index is 0.000000322. The number of nitrogens with zero attached hydrogens (tertiary/aromatic N) is 3. The summed E-state index contributed by atoms with van der Waals surface area (Å²) in [4.78, 5) is 26.1. The van der Waals surface area contributed by atoms with E-state index in [9.17, 15) is 18.0 Å². The van der Waals surface area contributed by atoms with E-state index in [1.165, 1.54) is 0 Å². The van der Waals surface area contributed by atoms with Crippen LogP contribution in [-0.2, 0) is 16.1 Å². The van der Waals surface area contributed by atoms with Crippen LogP contribution in [0.4, 0.5) is 13.2 Å². The number of pyridine rings is 1. The number of hydrogen-bond donors (Lipinski definition) is 2.